The van der Waals surface area contributed by atoms with E-state index < -0.39 is 6.10 Å². The van der Waals surface area contributed by atoms with Crippen molar-refractivity contribution in [1.82, 2.24) is 9.97 Å². The number of nitrogens with one attached hydrogen (secondary N) is 1. The Morgan fingerprint density at radius 2 is 1.79 bits per heavy atom. The van der Waals surface area contributed by atoms with Crippen molar-refractivity contribution in [2.45, 2.75) is 45.3 Å². The van der Waals surface area contributed by atoms with Crippen LogP contribution in [0.5, 0.6) is 0 Å². The predicted molar refractivity (Wildman–Crippen MR) is 119 cm³/mol. The molecule has 1 aliphatic carbocycles. The van der Waals surface area contributed by atoms with Gasteiger partial charge in [-0.25, -0.2) is 9.97 Å². The number of hydrogen-bond donors (Lipinski definition) is 2. The fourth-order valence-electron chi connectivity index (χ4n) is 3.91. The molecule has 2 atom stereocenters. The minimum atomic E-state index is -0.491. The van der Waals surface area contributed by atoms with Crippen molar-refractivity contribution in [3.63, 3.8) is 0 Å². The summed E-state index contributed by atoms with van der Waals surface area (Å²) in [6.07, 6.45) is 1.57. The number of anilines is 1. The van der Waals surface area contributed by atoms with Crippen LogP contribution in [0.15, 0.2) is 42.5 Å². The van der Waals surface area contributed by atoms with Gasteiger partial charge in [0.05, 0.1) is 34.3 Å². The number of nitrogens with zero attached hydrogens (tertiary/aromatic N) is 2. The SMILES string of the molecule is CCc1nc(-c2ccc(Cl)cc2Cl)c(CC)nc1N[C@@H]1c2ccccc2CC1O. The van der Waals surface area contributed by atoms with Gasteiger partial charge in [0.15, 0.2) is 0 Å². The maximum absolute atomic E-state index is 10.6. The van der Waals surface area contributed by atoms with Crippen molar-refractivity contribution < 1.29 is 5.11 Å². The summed E-state index contributed by atoms with van der Waals surface area (Å²) in [6, 6.07) is 13.4. The first-order chi connectivity index (χ1) is 14.0. The van der Waals surface area contributed by atoms with E-state index in [1.54, 1.807) is 6.07 Å². The molecule has 0 aliphatic heterocycles. The molecule has 0 spiro atoms. The number of aliphatic hydroxyl groups excluding tert-OH is 1. The lowest BCUT2D eigenvalue weighted by molar-refractivity contribution is 0.165. The molecule has 0 radical (unpaired) electrons. The van der Waals surface area contributed by atoms with Crippen LogP contribution < -0.4 is 5.32 Å². The molecular weight excluding hydrogens is 405 g/mol. The standard InChI is InChI=1S/C23H23Cl2N3O/c1-3-18-21(16-10-9-14(24)12-17(16)25)26-19(4-2)23(27-18)28-22-15-8-6-5-7-13(15)11-20(22)29/h5-10,12,20,22,29H,3-4,11H2,1-2H3,(H,27,28)/t20?,22-/m1/s1. The van der Waals surface area contributed by atoms with E-state index in [-0.39, 0.29) is 6.04 Å². The third-order valence-corrected chi connectivity index (χ3v) is 5.94. The van der Waals surface area contributed by atoms with Crippen molar-refractivity contribution in [3.05, 3.63) is 75.0 Å². The predicted octanol–water partition coefficient (Wildman–Crippen LogP) is 5.65. The largest absolute Gasteiger partial charge is 0.390 e. The number of aryl methyl sites for hydroxylation is 2. The molecular formula is C23H23Cl2N3O. The third-order valence-electron chi connectivity index (χ3n) is 5.39. The van der Waals surface area contributed by atoms with Crippen LogP contribution in [0.2, 0.25) is 10.0 Å². The van der Waals surface area contributed by atoms with E-state index in [0.29, 0.717) is 29.3 Å². The van der Waals surface area contributed by atoms with Gasteiger partial charge in [0.25, 0.3) is 0 Å². The molecule has 1 unspecified atom stereocenters. The van der Waals surface area contributed by atoms with Crippen molar-refractivity contribution in [3.8, 4) is 11.3 Å². The highest BCUT2D eigenvalue weighted by molar-refractivity contribution is 6.36. The average Bonchev–Trinajstić information content (AvgIpc) is 3.03. The van der Waals surface area contributed by atoms with Gasteiger partial charge >= 0.3 is 0 Å². The van der Waals surface area contributed by atoms with Gasteiger partial charge < -0.3 is 10.4 Å². The first-order valence-corrected chi connectivity index (χ1v) is 10.6. The minimum absolute atomic E-state index is 0.194. The molecule has 1 aliphatic rings. The smallest absolute Gasteiger partial charge is 0.148 e. The Morgan fingerprint density at radius 3 is 2.52 bits per heavy atom. The molecule has 2 N–H and O–H groups in total. The van der Waals surface area contributed by atoms with Crippen LogP contribution in [-0.4, -0.2) is 21.2 Å². The highest BCUT2D eigenvalue weighted by Crippen LogP contribution is 2.36. The molecule has 4 nitrogen and oxygen atoms in total. The topological polar surface area (TPSA) is 58.0 Å². The minimum Gasteiger partial charge on any atom is -0.390 e. The highest BCUT2D eigenvalue weighted by Gasteiger charge is 2.31. The second-order valence-electron chi connectivity index (χ2n) is 7.24. The second-order valence-corrected chi connectivity index (χ2v) is 8.08. The first kappa shape index (κ1) is 20.1. The van der Waals surface area contributed by atoms with E-state index in [9.17, 15) is 5.11 Å². The van der Waals surface area contributed by atoms with Crippen LogP contribution >= 0.6 is 23.2 Å². The van der Waals surface area contributed by atoms with Crippen LogP contribution in [0.25, 0.3) is 11.3 Å². The maximum Gasteiger partial charge on any atom is 0.148 e. The lowest BCUT2D eigenvalue weighted by Crippen LogP contribution is -2.23. The summed E-state index contributed by atoms with van der Waals surface area (Å²) in [7, 11) is 0. The zero-order valence-electron chi connectivity index (χ0n) is 16.4. The molecule has 2 aromatic carbocycles. The van der Waals surface area contributed by atoms with E-state index in [0.717, 1.165) is 34.0 Å². The second kappa shape index (κ2) is 8.31. The molecule has 6 heteroatoms. The average molecular weight is 428 g/mol. The number of aliphatic hydroxyl groups is 1. The maximum atomic E-state index is 10.6. The number of aromatic nitrogens is 2. The number of rotatable bonds is 5. The van der Waals surface area contributed by atoms with Gasteiger partial charge in [-0.3, -0.25) is 0 Å². The van der Waals surface area contributed by atoms with Crippen LogP contribution in [0.3, 0.4) is 0 Å². The Morgan fingerprint density at radius 1 is 1.03 bits per heavy atom. The monoisotopic (exact) mass is 427 g/mol. The van der Waals surface area contributed by atoms with Crippen LogP contribution in [-0.2, 0) is 19.3 Å². The van der Waals surface area contributed by atoms with Gasteiger partial charge in [-0.15, -0.1) is 0 Å². The van der Waals surface area contributed by atoms with Gasteiger partial charge in [0.2, 0.25) is 0 Å². The molecule has 4 rings (SSSR count). The Kier molecular flexibility index (Phi) is 5.77. The van der Waals surface area contributed by atoms with Crippen LogP contribution in [0, 0.1) is 0 Å². The Hall–Kier alpha value is -2.14. The molecule has 0 saturated carbocycles. The fraction of sp³-hybridized carbons (Fsp3) is 0.304. The van der Waals surface area contributed by atoms with Gasteiger partial charge in [-0.05, 0) is 42.2 Å². The summed E-state index contributed by atoms with van der Waals surface area (Å²) in [6.45, 7) is 4.10. The Bertz CT molecular complexity index is 1050. The zero-order chi connectivity index (χ0) is 20.5. The van der Waals surface area contributed by atoms with Gasteiger partial charge in [0.1, 0.15) is 5.82 Å². The summed E-state index contributed by atoms with van der Waals surface area (Å²) >= 11 is 12.5. The first-order valence-electron chi connectivity index (χ1n) is 9.89. The Labute approximate surface area is 180 Å². The van der Waals surface area contributed by atoms with E-state index >= 15 is 0 Å². The summed E-state index contributed by atoms with van der Waals surface area (Å²) in [5.41, 5.74) is 5.60. The summed E-state index contributed by atoms with van der Waals surface area (Å²) in [5.74, 6) is 0.721. The third kappa shape index (κ3) is 3.85. The number of halogens is 2. The van der Waals surface area contributed by atoms with Crippen molar-refractivity contribution in [1.29, 1.82) is 0 Å². The normalized spacial score (nSPS) is 18.0. The zero-order valence-corrected chi connectivity index (χ0v) is 17.9. The van der Waals surface area contributed by atoms with Gasteiger partial charge in [-0.1, -0.05) is 61.3 Å². The molecule has 1 heterocycles. The number of benzene rings is 2. The molecule has 3 aromatic rings. The van der Waals surface area contributed by atoms with E-state index in [1.807, 2.05) is 38.1 Å². The summed E-state index contributed by atoms with van der Waals surface area (Å²) in [5, 5.41) is 15.2. The van der Waals surface area contributed by atoms with Gasteiger partial charge in [-0.2, -0.15) is 0 Å². The highest BCUT2D eigenvalue weighted by atomic mass is 35.5. The molecule has 1 aromatic heterocycles. The van der Waals surface area contributed by atoms with E-state index in [2.05, 4.69) is 17.4 Å². The van der Waals surface area contributed by atoms with E-state index in [1.165, 1.54) is 5.56 Å². The summed E-state index contributed by atoms with van der Waals surface area (Å²) < 4.78 is 0. The van der Waals surface area contributed by atoms with Crippen LogP contribution in [0.4, 0.5) is 5.82 Å². The number of fused-ring (bicyclic) bond motifs is 1. The Balaban J connectivity index is 1.76. The van der Waals surface area contributed by atoms with E-state index in [4.69, 9.17) is 33.2 Å². The number of hydrogen-bond acceptors (Lipinski definition) is 4. The lowest BCUT2D eigenvalue weighted by Gasteiger charge is -2.21. The molecule has 29 heavy (non-hydrogen) atoms. The molecule has 0 bridgehead atoms. The molecule has 150 valence electrons. The quantitative estimate of drug-likeness (QED) is 0.552. The fourth-order valence-corrected chi connectivity index (χ4v) is 4.40. The van der Waals surface area contributed by atoms with Crippen molar-refractivity contribution in [2.75, 3.05) is 5.32 Å². The lowest BCUT2D eigenvalue weighted by atomic mass is 10.1. The molecule has 0 amide bonds. The van der Waals surface area contributed by atoms with Gasteiger partial charge in [0, 0.05) is 17.0 Å². The van der Waals surface area contributed by atoms with Crippen LogP contribution in [0.1, 0.15) is 42.4 Å². The molecule has 0 saturated heterocycles. The van der Waals surface area contributed by atoms with Crippen molar-refractivity contribution >= 4 is 29.0 Å². The summed E-state index contributed by atoms with van der Waals surface area (Å²) in [4.78, 5) is 9.81. The molecule has 0 fully saturated rings. The van der Waals surface area contributed by atoms with Crippen molar-refractivity contribution in [2.24, 2.45) is 0 Å².